The second-order valence-electron chi connectivity index (χ2n) is 8.90. The fourth-order valence-electron chi connectivity index (χ4n) is 4.43. The summed E-state index contributed by atoms with van der Waals surface area (Å²) in [5.41, 5.74) is 7.08. The first kappa shape index (κ1) is 22.1. The number of urea groups is 1. The molecule has 0 aromatic heterocycles. The van der Waals surface area contributed by atoms with E-state index in [1.165, 1.54) is 16.7 Å². The van der Waals surface area contributed by atoms with Gasteiger partial charge in [-0.3, -0.25) is 4.90 Å². The van der Waals surface area contributed by atoms with Crippen molar-refractivity contribution in [2.75, 3.05) is 25.0 Å². The summed E-state index contributed by atoms with van der Waals surface area (Å²) in [6.07, 6.45) is 2.23. The smallest absolute Gasteiger partial charge is 0.319 e. The third kappa shape index (κ3) is 5.77. The van der Waals surface area contributed by atoms with Gasteiger partial charge in [-0.15, -0.1) is 0 Å². The van der Waals surface area contributed by atoms with Crippen LogP contribution in [0.15, 0.2) is 72.8 Å². The van der Waals surface area contributed by atoms with Crippen molar-refractivity contribution in [1.29, 1.82) is 0 Å². The molecule has 32 heavy (non-hydrogen) atoms. The van der Waals surface area contributed by atoms with Crippen LogP contribution in [0.1, 0.15) is 29.5 Å². The number of aryl methyl sites for hydroxylation is 2. The zero-order valence-corrected chi connectivity index (χ0v) is 19.1. The Bertz CT molecular complexity index is 1040. The van der Waals surface area contributed by atoms with E-state index in [9.17, 15) is 4.79 Å². The number of benzene rings is 3. The van der Waals surface area contributed by atoms with Crippen LogP contribution in [0.5, 0.6) is 0 Å². The second kappa shape index (κ2) is 10.5. The summed E-state index contributed by atoms with van der Waals surface area (Å²) in [5, 5.41) is 6.13. The van der Waals surface area contributed by atoms with E-state index in [1.807, 2.05) is 42.5 Å². The summed E-state index contributed by atoms with van der Waals surface area (Å²) in [7, 11) is 0. The molecule has 0 spiro atoms. The third-order valence-electron chi connectivity index (χ3n) is 6.42. The molecule has 1 saturated heterocycles. The zero-order chi connectivity index (χ0) is 22.3. The van der Waals surface area contributed by atoms with Crippen LogP contribution in [0, 0.1) is 19.8 Å². The van der Waals surface area contributed by atoms with Crippen molar-refractivity contribution < 1.29 is 4.79 Å². The van der Waals surface area contributed by atoms with Gasteiger partial charge < -0.3 is 10.6 Å². The summed E-state index contributed by atoms with van der Waals surface area (Å²) in [4.78, 5) is 15.1. The maximum Gasteiger partial charge on any atom is 0.319 e. The number of amides is 2. The number of nitrogens with zero attached hydrogens (tertiary/aromatic N) is 1. The topological polar surface area (TPSA) is 44.4 Å². The Morgan fingerprint density at radius 1 is 0.938 bits per heavy atom. The van der Waals surface area contributed by atoms with Gasteiger partial charge in [-0.1, -0.05) is 72.3 Å². The minimum atomic E-state index is -0.133. The molecule has 0 bridgehead atoms. The highest BCUT2D eigenvalue weighted by Crippen LogP contribution is 2.27. The van der Waals surface area contributed by atoms with Crippen LogP contribution in [0.25, 0.3) is 11.1 Å². The van der Waals surface area contributed by atoms with Crippen LogP contribution in [0.4, 0.5) is 10.5 Å². The summed E-state index contributed by atoms with van der Waals surface area (Å²) in [6.45, 7) is 8.25. The highest BCUT2D eigenvalue weighted by atomic mass is 16.2. The van der Waals surface area contributed by atoms with Crippen molar-refractivity contribution in [2.45, 2.75) is 33.2 Å². The first-order chi connectivity index (χ1) is 15.6. The maximum absolute atomic E-state index is 12.6. The molecule has 1 aliphatic rings. The molecule has 3 aromatic rings. The van der Waals surface area contributed by atoms with Crippen LogP contribution in [0.2, 0.25) is 0 Å². The normalized spacial score (nSPS) is 14.8. The van der Waals surface area contributed by atoms with Crippen molar-refractivity contribution in [3.63, 3.8) is 0 Å². The average Bonchev–Trinajstić information content (AvgIpc) is 2.82. The maximum atomic E-state index is 12.6. The Kier molecular flexibility index (Phi) is 7.23. The molecule has 1 aliphatic heterocycles. The van der Waals surface area contributed by atoms with Crippen LogP contribution >= 0.6 is 0 Å². The van der Waals surface area contributed by atoms with Gasteiger partial charge in [0.05, 0.1) is 5.69 Å². The van der Waals surface area contributed by atoms with E-state index in [1.54, 1.807) is 0 Å². The van der Waals surface area contributed by atoms with Crippen molar-refractivity contribution in [2.24, 2.45) is 5.92 Å². The fraction of sp³-hybridized carbons (Fsp3) is 0.321. The molecule has 4 rings (SSSR count). The summed E-state index contributed by atoms with van der Waals surface area (Å²) < 4.78 is 0. The molecule has 1 heterocycles. The van der Waals surface area contributed by atoms with E-state index in [0.29, 0.717) is 5.92 Å². The van der Waals surface area contributed by atoms with E-state index in [2.05, 4.69) is 59.7 Å². The number of hydrogen-bond acceptors (Lipinski definition) is 2. The molecule has 3 aromatic carbocycles. The predicted octanol–water partition coefficient (Wildman–Crippen LogP) is 6.00. The molecule has 0 saturated carbocycles. The molecule has 4 heteroatoms. The van der Waals surface area contributed by atoms with Gasteiger partial charge in [-0.05, 0) is 68.5 Å². The lowest BCUT2D eigenvalue weighted by Crippen LogP contribution is -2.39. The van der Waals surface area contributed by atoms with E-state index in [-0.39, 0.29) is 6.03 Å². The molecule has 4 nitrogen and oxygen atoms in total. The van der Waals surface area contributed by atoms with Crippen molar-refractivity contribution >= 4 is 11.7 Å². The number of para-hydroxylation sites is 1. The summed E-state index contributed by atoms with van der Waals surface area (Å²) >= 11 is 0. The van der Waals surface area contributed by atoms with Gasteiger partial charge in [0.25, 0.3) is 0 Å². The van der Waals surface area contributed by atoms with Gasteiger partial charge in [0.15, 0.2) is 0 Å². The van der Waals surface area contributed by atoms with Crippen LogP contribution in [-0.4, -0.2) is 30.6 Å². The molecule has 166 valence electrons. The van der Waals surface area contributed by atoms with Gasteiger partial charge in [0, 0.05) is 18.7 Å². The molecule has 0 radical (unpaired) electrons. The van der Waals surface area contributed by atoms with E-state index >= 15 is 0 Å². The summed E-state index contributed by atoms with van der Waals surface area (Å²) in [5.74, 6) is 0.528. The quantitative estimate of drug-likeness (QED) is 0.506. The van der Waals surface area contributed by atoms with Crippen molar-refractivity contribution in [1.82, 2.24) is 10.2 Å². The average molecular weight is 428 g/mol. The Balaban J connectivity index is 1.25. The molecular formula is C28H33N3O. The number of likely N-dealkylation sites (tertiary alicyclic amines) is 1. The number of nitrogens with one attached hydrogen (secondary N) is 2. The second-order valence-corrected chi connectivity index (χ2v) is 8.90. The number of hydrogen-bond donors (Lipinski definition) is 2. The van der Waals surface area contributed by atoms with Crippen LogP contribution < -0.4 is 10.6 Å². The Labute approximate surface area is 191 Å². The highest BCUT2D eigenvalue weighted by molar-refractivity contribution is 5.94. The van der Waals surface area contributed by atoms with Gasteiger partial charge in [0.2, 0.25) is 0 Å². The molecular weight excluding hydrogens is 394 g/mol. The molecule has 0 unspecified atom stereocenters. The number of piperidine rings is 1. The lowest BCUT2D eigenvalue weighted by Gasteiger charge is -2.32. The molecule has 0 atom stereocenters. The van der Waals surface area contributed by atoms with E-state index in [4.69, 9.17) is 0 Å². The van der Waals surface area contributed by atoms with E-state index < -0.39 is 0 Å². The van der Waals surface area contributed by atoms with Gasteiger partial charge in [0.1, 0.15) is 0 Å². The Morgan fingerprint density at radius 2 is 1.66 bits per heavy atom. The molecule has 2 N–H and O–H groups in total. The molecule has 1 fully saturated rings. The lowest BCUT2D eigenvalue weighted by atomic mass is 9.96. The van der Waals surface area contributed by atoms with E-state index in [0.717, 1.165) is 55.8 Å². The number of carbonyl (C=O) groups excluding carboxylic acids is 1. The standard InChI is InChI=1S/C28H33N3O/c1-21-12-13-22(2)25(18-21)20-31-16-14-23(15-17-31)19-29-28(32)30-27-11-7-6-10-26(27)24-8-4-3-5-9-24/h3-13,18,23H,14-17,19-20H2,1-2H3,(H2,29,30,32). The molecule has 0 aliphatic carbocycles. The van der Waals surface area contributed by atoms with Gasteiger partial charge in [-0.25, -0.2) is 4.79 Å². The predicted molar refractivity (Wildman–Crippen MR) is 133 cm³/mol. The first-order valence-corrected chi connectivity index (χ1v) is 11.6. The minimum absolute atomic E-state index is 0.133. The Morgan fingerprint density at radius 3 is 2.44 bits per heavy atom. The largest absolute Gasteiger partial charge is 0.338 e. The Hall–Kier alpha value is -3.11. The first-order valence-electron chi connectivity index (χ1n) is 11.6. The SMILES string of the molecule is Cc1ccc(C)c(CN2CCC(CNC(=O)Nc3ccccc3-c3ccccc3)CC2)c1. The molecule has 2 amide bonds. The van der Waals surface area contributed by atoms with Gasteiger partial charge >= 0.3 is 6.03 Å². The third-order valence-corrected chi connectivity index (χ3v) is 6.42. The minimum Gasteiger partial charge on any atom is -0.338 e. The van der Waals surface area contributed by atoms with Crippen molar-refractivity contribution in [3.05, 3.63) is 89.5 Å². The number of rotatable bonds is 6. The fourth-order valence-corrected chi connectivity index (χ4v) is 4.43. The summed E-state index contributed by atoms with van der Waals surface area (Å²) in [6, 6.07) is 24.7. The highest BCUT2D eigenvalue weighted by Gasteiger charge is 2.20. The monoisotopic (exact) mass is 427 g/mol. The number of anilines is 1. The van der Waals surface area contributed by atoms with Gasteiger partial charge in [-0.2, -0.15) is 0 Å². The van der Waals surface area contributed by atoms with Crippen LogP contribution in [0.3, 0.4) is 0 Å². The van der Waals surface area contributed by atoms with Crippen molar-refractivity contribution in [3.8, 4) is 11.1 Å². The van der Waals surface area contributed by atoms with Crippen LogP contribution in [-0.2, 0) is 6.54 Å². The zero-order valence-electron chi connectivity index (χ0n) is 19.1. The number of carbonyl (C=O) groups is 1. The lowest BCUT2D eigenvalue weighted by molar-refractivity contribution is 0.175.